The molecule has 0 saturated carbocycles. The smallest absolute Gasteiger partial charge is 0.173 e. The molecule has 0 spiro atoms. The first kappa shape index (κ1) is 18.0. The fourth-order valence-corrected chi connectivity index (χ4v) is 4.37. The highest BCUT2D eigenvalue weighted by atomic mass is 16.3. The van der Waals surface area contributed by atoms with Gasteiger partial charge in [-0.05, 0) is 23.6 Å². The van der Waals surface area contributed by atoms with Gasteiger partial charge in [0.05, 0.1) is 23.7 Å². The van der Waals surface area contributed by atoms with Gasteiger partial charge < -0.3 is 8.82 Å². The van der Waals surface area contributed by atoms with Crippen LogP contribution in [0.4, 0.5) is 0 Å². The Morgan fingerprint density at radius 3 is 2.62 bits per heavy atom. The maximum absolute atomic E-state index is 6.16. The van der Waals surface area contributed by atoms with E-state index in [1.807, 2.05) is 6.33 Å². The molecule has 148 valence electrons. The quantitative estimate of drug-likeness (QED) is 0.428. The fraction of sp³-hybridized carbons (Fsp3) is 0.333. The summed E-state index contributed by atoms with van der Waals surface area (Å²) in [6.07, 6.45) is 4.52. The standard InChI is InChI=1S/C24H26N4O/c1-23(2,3)20-11-7-10-18-17(25-14-28(18)20)12-24(4,5)16-9-6-8-15-21-19(13-26-27-21)29-22(15)16/h6-11,13-14H,12H2,1-5H3,(H,26,27). The van der Waals surface area contributed by atoms with Gasteiger partial charge >= 0.3 is 0 Å². The average Bonchev–Trinajstić information content (AvgIpc) is 3.35. The zero-order valence-corrected chi connectivity index (χ0v) is 17.6. The van der Waals surface area contributed by atoms with Gasteiger partial charge in [-0.3, -0.25) is 5.10 Å². The normalized spacial score (nSPS) is 13.1. The molecule has 0 saturated heterocycles. The van der Waals surface area contributed by atoms with Crippen molar-refractivity contribution in [3.05, 3.63) is 65.9 Å². The van der Waals surface area contributed by atoms with E-state index in [1.165, 1.54) is 16.8 Å². The van der Waals surface area contributed by atoms with E-state index < -0.39 is 0 Å². The number of benzene rings is 1. The summed E-state index contributed by atoms with van der Waals surface area (Å²) < 4.78 is 8.39. The third-order valence-corrected chi connectivity index (χ3v) is 5.86. The van der Waals surface area contributed by atoms with Gasteiger partial charge in [-0.25, -0.2) is 4.98 Å². The van der Waals surface area contributed by atoms with Gasteiger partial charge in [-0.15, -0.1) is 0 Å². The number of rotatable bonds is 3. The van der Waals surface area contributed by atoms with Crippen LogP contribution < -0.4 is 0 Å². The van der Waals surface area contributed by atoms with Crippen molar-refractivity contribution in [3.63, 3.8) is 0 Å². The topological polar surface area (TPSA) is 59.1 Å². The van der Waals surface area contributed by atoms with Gasteiger partial charge in [0.1, 0.15) is 11.1 Å². The largest absolute Gasteiger partial charge is 0.452 e. The minimum atomic E-state index is -0.144. The van der Waals surface area contributed by atoms with Crippen molar-refractivity contribution < 1.29 is 4.42 Å². The fourth-order valence-electron chi connectivity index (χ4n) is 4.37. The number of hydrogen-bond donors (Lipinski definition) is 1. The molecular weight excluding hydrogens is 360 g/mol. The van der Waals surface area contributed by atoms with Gasteiger partial charge in [0, 0.05) is 28.5 Å². The van der Waals surface area contributed by atoms with E-state index in [-0.39, 0.29) is 10.8 Å². The van der Waals surface area contributed by atoms with Crippen LogP contribution in [0.2, 0.25) is 0 Å². The van der Waals surface area contributed by atoms with Crippen LogP contribution >= 0.6 is 0 Å². The van der Waals surface area contributed by atoms with Gasteiger partial charge in [-0.1, -0.05) is 52.8 Å². The first-order valence-corrected chi connectivity index (χ1v) is 10.1. The van der Waals surface area contributed by atoms with Crippen molar-refractivity contribution >= 4 is 27.6 Å². The molecule has 0 radical (unpaired) electrons. The maximum Gasteiger partial charge on any atom is 0.173 e. The van der Waals surface area contributed by atoms with Crippen LogP contribution in [0.3, 0.4) is 0 Å². The Labute approximate surface area is 169 Å². The van der Waals surface area contributed by atoms with Crippen LogP contribution in [-0.4, -0.2) is 19.6 Å². The first-order chi connectivity index (χ1) is 13.8. The predicted molar refractivity (Wildman–Crippen MR) is 116 cm³/mol. The zero-order chi connectivity index (χ0) is 20.4. The highest BCUT2D eigenvalue weighted by molar-refractivity contribution is 6.03. The molecule has 29 heavy (non-hydrogen) atoms. The number of hydrogen-bond acceptors (Lipinski definition) is 3. The number of pyridine rings is 1. The number of nitrogens with one attached hydrogen (secondary N) is 1. The van der Waals surface area contributed by atoms with Crippen molar-refractivity contribution in [2.45, 2.75) is 51.9 Å². The second-order valence-corrected chi connectivity index (χ2v) is 9.56. The van der Waals surface area contributed by atoms with Gasteiger partial charge in [0.15, 0.2) is 5.58 Å². The number of nitrogens with zero attached hydrogens (tertiary/aromatic N) is 3. The molecule has 0 amide bonds. The van der Waals surface area contributed by atoms with Gasteiger partial charge in [0.25, 0.3) is 0 Å². The number of aromatic amines is 1. The Hall–Kier alpha value is -3.08. The predicted octanol–water partition coefficient (Wildman–Crippen LogP) is 5.77. The lowest BCUT2D eigenvalue weighted by Gasteiger charge is -2.25. The molecule has 0 unspecified atom stereocenters. The Bertz CT molecular complexity index is 1340. The lowest BCUT2D eigenvalue weighted by atomic mass is 9.79. The van der Waals surface area contributed by atoms with Crippen molar-refractivity contribution in [2.75, 3.05) is 0 Å². The Balaban J connectivity index is 1.61. The summed E-state index contributed by atoms with van der Waals surface area (Å²) in [5.74, 6) is 0. The van der Waals surface area contributed by atoms with E-state index in [0.29, 0.717) is 0 Å². The molecule has 0 atom stereocenters. The van der Waals surface area contributed by atoms with E-state index in [9.17, 15) is 0 Å². The molecule has 0 aliphatic carbocycles. The molecule has 0 fully saturated rings. The molecule has 5 heteroatoms. The molecule has 5 nitrogen and oxygen atoms in total. The van der Waals surface area contributed by atoms with Crippen molar-refractivity contribution in [1.82, 2.24) is 19.6 Å². The average molecular weight is 386 g/mol. The van der Waals surface area contributed by atoms with Crippen LogP contribution in [-0.2, 0) is 17.3 Å². The molecule has 0 bridgehead atoms. The highest BCUT2D eigenvalue weighted by Crippen LogP contribution is 2.37. The Kier molecular flexibility index (Phi) is 3.69. The molecule has 1 aromatic carbocycles. The highest BCUT2D eigenvalue weighted by Gasteiger charge is 2.28. The maximum atomic E-state index is 6.16. The number of furan rings is 1. The molecular formula is C24H26N4O. The lowest BCUT2D eigenvalue weighted by molar-refractivity contribution is 0.511. The van der Waals surface area contributed by atoms with Crippen LogP contribution in [0.5, 0.6) is 0 Å². The van der Waals surface area contributed by atoms with Crippen LogP contribution in [0.1, 0.15) is 51.6 Å². The van der Waals surface area contributed by atoms with E-state index in [1.54, 1.807) is 6.20 Å². The summed E-state index contributed by atoms with van der Waals surface area (Å²) in [7, 11) is 0. The minimum absolute atomic E-state index is 0.0574. The molecule has 5 rings (SSSR count). The second kappa shape index (κ2) is 5.96. The van der Waals surface area contributed by atoms with Crippen LogP contribution in [0.25, 0.3) is 27.6 Å². The number of aromatic nitrogens is 4. The SMILES string of the molecule is CC(C)(C)c1cccc2c(CC(C)(C)c3cccc4c3oc3cn[nH]c34)ncn12. The van der Waals surface area contributed by atoms with Crippen molar-refractivity contribution in [3.8, 4) is 0 Å². The number of H-pyrrole nitrogens is 1. The molecule has 4 heterocycles. The number of para-hydroxylation sites is 1. The Morgan fingerprint density at radius 2 is 1.83 bits per heavy atom. The van der Waals surface area contributed by atoms with E-state index in [0.717, 1.165) is 34.2 Å². The van der Waals surface area contributed by atoms with Gasteiger partial charge in [-0.2, -0.15) is 5.10 Å². The third-order valence-electron chi connectivity index (χ3n) is 5.86. The summed E-state index contributed by atoms with van der Waals surface area (Å²) in [6, 6.07) is 12.8. The molecule has 1 N–H and O–H groups in total. The molecule has 5 aromatic rings. The van der Waals surface area contributed by atoms with Crippen molar-refractivity contribution in [1.29, 1.82) is 0 Å². The third kappa shape index (κ3) is 2.76. The lowest BCUT2D eigenvalue weighted by Crippen LogP contribution is -2.21. The summed E-state index contributed by atoms with van der Waals surface area (Å²) >= 11 is 0. The summed E-state index contributed by atoms with van der Waals surface area (Å²) in [5.41, 5.74) is 7.33. The van der Waals surface area contributed by atoms with Gasteiger partial charge in [0.2, 0.25) is 0 Å². The summed E-state index contributed by atoms with van der Waals surface area (Å²) in [5, 5.41) is 8.22. The first-order valence-electron chi connectivity index (χ1n) is 10.1. The Morgan fingerprint density at radius 1 is 1.03 bits per heavy atom. The number of imidazole rings is 1. The summed E-state index contributed by atoms with van der Waals surface area (Å²) in [4.78, 5) is 4.81. The summed E-state index contributed by atoms with van der Waals surface area (Å²) in [6.45, 7) is 11.2. The molecule has 0 aliphatic rings. The minimum Gasteiger partial charge on any atom is -0.452 e. The van der Waals surface area contributed by atoms with Crippen molar-refractivity contribution in [2.24, 2.45) is 0 Å². The molecule has 0 aliphatic heterocycles. The van der Waals surface area contributed by atoms with E-state index in [4.69, 9.17) is 9.40 Å². The monoisotopic (exact) mass is 386 g/mol. The molecule has 4 aromatic heterocycles. The zero-order valence-electron chi connectivity index (χ0n) is 17.6. The van der Waals surface area contributed by atoms with Crippen LogP contribution in [0.15, 0.2) is 53.3 Å². The second-order valence-electron chi connectivity index (χ2n) is 9.56. The number of fused-ring (bicyclic) bond motifs is 4. The van der Waals surface area contributed by atoms with E-state index in [2.05, 4.69) is 85.6 Å². The van der Waals surface area contributed by atoms with E-state index >= 15 is 0 Å². The van der Waals surface area contributed by atoms with Crippen LogP contribution in [0, 0.1) is 0 Å².